The van der Waals surface area contributed by atoms with Gasteiger partial charge in [-0.3, -0.25) is 9.36 Å². The maximum atomic E-state index is 12.7. The lowest BCUT2D eigenvalue weighted by atomic mass is 10.1. The molecule has 1 amide bonds. The molecule has 1 aliphatic heterocycles. The van der Waals surface area contributed by atoms with Crippen LogP contribution in [0.2, 0.25) is 0 Å². The first-order valence-corrected chi connectivity index (χ1v) is 11.7. The number of hydrogen-bond donors (Lipinski definition) is 1. The van der Waals surface area contributed by atoms with Crippen LogP contribution >= 0.6 is 11.8 Å². The number of thioether (sulfide) groups is 1. The van der Waals surface area contributed by atoms with Crippen LogP contribution in [0.15, 0.2) is 40.1 Å². The van der Waals surface area contributed by atoms with Gasteiger partial charge >= 0.3 is 0 Å². The summed E-state index contributed by atoms with van der Waals surface area (Å²) >= 11 is 1.39. The van der Waals surface area contributed by atoms with Crippen LogP contribution in [0.25, 0.3) is 11.4 Å². The molecular formula is C23H28N4O3S. The standard InChI is InChI=1S/C23H28N4O3S/c1-4-17-8-5-7-15(2)21(17)24-20(28)14-31-23-26-25-22(19-10-12-29-16(19)3)27(23)13-18-9-6-11-30-18/h5,7-8,10,12,18H,4,6,9,11,13-14H2,1-3H3,(H,24,28)/t18-/m0/s1. The number of amides is 1. The van der Waals surface area contributed by atoms with Crippen LogP contribution in [0.4, 0.5) is 5.69 Å². The topological polar surface area (TPSA) is 82.2 Å². The highest BCUT2D eigenvalue weighted by atomic mass is 32.2. The van der Waals surface area contributed by atoms with Crippen molar-refractivity contribution in [2.45, 2.75) is 57.8 Å². The van der Waals surface area contributed by atoms with E-state index in [0.717, 1.165) is 59.8 Å². The minimum absolute atomic E-state index is 0.0540. The van der Waals surface area contributed by atoms with Crippen molar-refractivity contribution in [1.29, 1.82) is 0 Å². The normalized spacial score (nSPS) is 16.0. The summed E-state index contributed by atoms with van der Waals surface area (Å²) in [5.41, 5.74) is 4.02. The quantitative estimate of drug-likeness (QED) is 0.515. The third-order valence-electron chi connectivity index (χ3n) is 5.56. The van der Waals surface area contributed by atoms with Crippen molar-refractivity contribution in [2.24, 2.45) is 0 Å². The zero-order valence-corrected chi connectivity index (χ0v) is 19.0. The average molecular weight is 441 g/mol. The lowest BCUT2D eigenvalue weighted by molar-refractivity contribution is -0.113. The molecule has 8 heteroatoms. The summed E-state index contributed by atoms with van der Waals surface area (Å²) in [5.74, 6) is 1.74. The molecule has 0 saturated carbocycles. The monoisotopic (exact) mass is 440 g/mol. The maximum Gasteiger partial charge on any atom is 0.234 e. The van der Waals surface area contributed by atoms with Crippen molar-refractivity contribution in [2.75, 3.05) is 17.7 Å². The van der Waals surface area contributed by atoms with Gasteiger partial charge in [0.15, 0.2) is 11.0 Å². The number of furan rings is 1. The van der Waals surface area contributed by atoms with Crippen LogP contribution in [-0.4, -0.2) is 39.1 Å². The van der Waals surface area contributed by atoms with E-state index in [9.17, 15) is 4.79 Å². The second kappa shape index (κ2) is 9.70. The molecule has 1 saturated heterocycles. The molecule has 1 aliphatic rings. The fourth-order valence-electron chi connectivity index (χ4n) is 3.88. The van der Waals surface area contributed by atoms with Gasteiger partial charge in [-0.1, -0.05) is 36.9 Å². The minimum Gasteiger partial charge on any atom is -0.469 e. The number of hydrogen-bond acceptors (Lipinski definition) is 6. The molecule has 1 N–H and O–H groups in total. The Morgan fingerprint density at radius 1 is 1.29 bits per heavy atom. The first-order chi connectivity index (χ1) is 15.1. The van der Waals surface area contributed by atoms with Gasteiger partial charge in [-0.15, -0.1) is 10.2 Å². The molecule has 3 heterocycles. The van der Waals surface area contributed by atoms with E-state index >= 15 is 0 Å². The first kappa shape index (κ1) is 21.6. The Balaban J connectivity index is 1.51. The lowest BCUT2D eigenvalue weighted by Gasteiger charge is -2.15. The predicted octanol–water partition coefficient (Wildman–Crippen LogP) is 4.63. The number of ether oxygens (including phenoxy) is 1. The number of aromatic nitrogens is 3. The molecule has 31 heavy (non-hydrogen) atoms. The largest absolute Gasteiger partial charge is 0.469 e. The van der Waals surface area contributed by atoms with Gasteiger partial charge in [0.05, 0.1) is 30.2 Å². The first-order valence-electron chi connectivity index (χ1n) is 10.7. The second-order valence-electron chi connectivity index (χ2n) is 7.74. The number of rotatable bonds is 8. The molecule has 2 aromatic heterocycles. The van der Waals surface area contributed by atoms with E-state index in [1.165, 1.54) is 11.8 Å². The van der Waals surface area contributed by atoms with Gasteiger partial charge in [0, 0.05) is 12.3 Å². The molecule has 0 aliphatic carbocycles. The lowest BCUT2D eigenvalue weighted by Crippen LogP contribution is -2.19. The predicted molar refractivity (Wildman–Crippen MR) is 121 cm³/mol. The highest BCUT2D eigenvalue weighted by Gasteiger charge is 2.23. The Hall–Kier alpha value is -2.58. The van der Waals surface area contributed by atoms with E-state index in [-0.39, 0.29) is 17.8 Å². The summed E-state index contributed by atoms with van der Waals surface area (Å²) in [6.45, 7) is 7.46. The third kappa shape index (κ3) is 4.85. The molecule has 3 aromatic rings. The van der Waals surface area contributed by atoms with E-state index in [4.69, 9.17) is 9.15 Å². The molecule has 0 bridgehead atoms. The number of nitrogens with one attached hydrogen (secondary N) is 1. The fraction of sp³-hybridized carbons (Fsp3) is 0.435. The summed E-state index contributed by atoms with van der Waals surface area (Å²) in [7, 11) is 0. The van der Waals surface area contributed by atoms with E-state index in [1.807, 2.05) is 38.1 Å². The Morgan fingerprint density at radius 2 is 2.16 bits per heavy atom. The number of benzene rings is 1. The smallest absolute Gasteiger partial charge is 0.234 e. The summed E-state index contributed by atoms with van der Waals surface area (Å²) < 4.78 is 13.4. The number of anilines is 1. The summed E-state index contributed by atoms with van der Waals surface area (Å²) in [4.78, 5) is 12.7. The number of aryl methyl sites for hydroxylation is 3. The maximum absolute atomic E-state index is 12.7. The third-order valence-corrected chi connectivity index (χ3v) is 6.53. The van der Waals surface area contributed by atoms with Crippen LogP contribution in [0, 0.1) is 13.8 Å². The van der Waals surface area contributed by atoms with Crippen LogP contribution < -0.4 is 5.32 Å². The number of para-hydroxylation sites is 1. The molecular weight excluding hydrogens is 412 g/mol. The van der Waals surface area contributed by atoms with Crippen molar-refractivity contribution in [1.82, 2.24) is 14.8 Å². The molecule has 4 rings (SSSR count). The van der Waals surface area contributed by atoms with E-state index in [1.54, 1.807) is 6.26 Å². The summed E-state index contributed by atoms with van der Waals surface area (Å²) in [5, 5.41) is 12.6. The number of nitrogens with zero attached hydrogens (tertiary/aromatic N) is 3. The zero-order chi connectivity index (χ0) is 21.8. The Labute approximate surface area is 186 Å². The van der Waals surface area contributed by atoms with E-state index in [0.29, 0.717) is 11.7 Å². The highest BCUT2D eigenvalue weighted by molar-refractivity contribution is 7.99. The van der Waals surface area contributed by atoms with E-state index in [2.05, 4.69) is 27.0 Å². The van der Waals surface area contributed by atoms with Gasteiger partial charge in [-0.05, 0) is 50.3 Å². The van der Waals surface area contributed by atoms with Crippen molar-refractivity contribution >= 4 is 23.4 Å². The molecule has 1 fully saturated rings. The van der Waals surface area contributed by atoms with Gasteiger partial charge in [0.1, 0.15) is 5.76 Å². The van der Waals surface area contributed by atoms with Crippen LogP contribution in [-0.2, 0) is 22.5 Å². The fourth-order valence-corrected chi connectivity index (χ4v) is 4.62. The van der Waals surface area contributed by atoms with Gasteiger partial charge in [0.25, 0.3) is 0 Å². The van der Waals surface area contributed by atoms with E-state index < -0.39 is 0 Å². The minimum atomic E-state index is -0.0540. The van der Waals surface area contributed by atoms with Crippen molar-refractivity contribution < 1.29 is 13.9 Å². The van der Waals surface area contributed by atoms with Crippen LogP contribution in [0.1, 0.15) is 36.7 Å². The molecule has 164 valence electrons. The van der Waals surface area contributed by atoms with Gasteiger partial charge < -0.3 is 14.5 Å². The molecule has 0 radical (unpaired) electrons. The summed E-state index contributed by atoms with van der Waals surface area (Å²) in [6.07, 6.45) is 4.74. The number of carbonyl (C=O) groups is 1. The molecule has 0 unspecified atom stereocenters. The molecule has 1 aromatic carbocycles. The Kier molecular flexibility index (Phi) is 6.77. The van der Waals surface area contributed by atoms with Crippen molar-refractivity contribution in [3.05, 3.63) is 47.4 Å². The highest BCUT2D eigenvalue weighted by Crippen LogP contribution is 2.29. The molecule has 0 spiro atoms. The van der Waals surface area contributed by atoms with Gasteiger partial charge in [0.2, 0.25) is 5.91 Å². The van der Waals surface area contributed by atoms with Crippen molar-refractivity contribution in [3.8, 4) is 11.4 Å². The Bertz CT molecular complexity index is 1050. The second-order valence-corrected chi connectivity index (χ2v) is 8.68. The molecule has 1 atom stereocenters. The SMILES string of the molecule is CCc1cccc(C)c1NC(=O)CSc1nnc(-c2ccoc2C)n1C[C@@H]1CCCO1. The van der Waals surface area contributed by atoms with Gasteiger partial charge in [-0.2, -0.15) is 0 Å². The number of carbonyl (C=O) groups excluding carboxylic acids is 1. The summed E-state index contributed by atoms with van der Waals surface area (Å²) in [6, 6.07) is 7.98. The van der Waals surface area contributed by atoms with Gasteiger partial charge in [-0.25, -0.2) is 0 Å². The zero-order valence-electron chi connectivity index (χ0n) is 18.2. The average Bonchev–Trinajstić information content (AvgIpc) is 3.50. The molecule has 7 nitrogen and oxygen atoms in total. The Morgan fingerprint density at radius 3 is 2.87 bits per heavy atom. The van der Waals surface area contributed by atoms with Crippen molar-refractivity contribution in [3.63, 3.8) is 0 Å². The van der Waals surface area contributed by atoms with Crippen LogP contribution in [0.5, 0.6) is 0 Å². The van der Waals surface area contributed by atoms with Crippen LogP contribution in [0.3, 0.4) is 0 Å².